The van der Waals surface area contributed by atoms with Crippen LogP contribution in [0.4, 0.5) is 0 Å². The molecule has 1 aromatic rings. The summed E-state index contributed by atoms with van der Waals surface area (Å²) in [7, 11) is 0. The Morgan fingerprint density at radius 1 is 1.27 bits per heavy atom. The second-order valence-electron chi connectivity index (χ2n) is 3.59. The molecule has 3 heteroatoms. The molecule has 1 aromatic carbocycles. The minimum atomic E-state index is -0.337. The van der Waals surface area contributed by atoms with Gasteiger partial charge in [-0.15, -0.1) is 0 Å². The molecule has 0 aliphatic rings. The van der Waals surface area contributed by atoms with Gasteiger partial charge in [0.15, 0.2) is 0 Å². The summed E-state index contributed by atoms with van der Waals surface area (Å²) in [6.07, 6.45) is 7.06. The molecule has 0 unspecified atom stereocenters. The normalized spacial score (nSPS) is 9.40. The minimum Gasteiger partial charge on any atom is -1.00 e. The van der Waals surface area contributed by atoms with Crippen molar-refractivity contribution < 1.29 is 17.0 Å². The summed E-state index contributed by atoms with van der Waals surface area (Å²) in [6, 6.07) is 10.1. The molecule has 1 rings (SSSR count). The number of nitrogens with one attached hydrogen (secondary N) is 1. The third-order valence-electron chi connectivity index (χ3n) is 1.89. The van der Waals surface area contributed by atoms with E-state index in [4.69, 9.17) is 6.42 Å². The number of hydrogen-bond donors (Lipinski definition) is 1. The summed E-state index contributed by atoms with van der Waals surface area (Å²) >= 11 is 0. The van der Waals surface area contributed by atoms with Gasteiger partial charge in [0.05, 0.1) is 0 Å². The molecule has 1 N–H and O–H groups in total. The molecule has 0 bridgehead atoms. The van der Waals surface area contributed by atoms with E-state index in [2.05, 4.69) is 23.4 Å². The summed E-state index contributed by atoms with van der Waals surface area (Å²) in [5, 5.41) is 3.23. The fourth-order valence-electron chi connectivity index (χ4n) is 0.963. The van der Waals surface area contributed by atoms with Crippen LogP contribution in [0.1, 0.15) is 19.4 Å². The molecule has 1 nitrogen and oxygen atoms in total. The summed E-state index contributed by atoms with van der Waals surface area (Å²) < 4.78 is 0. The van der Waals surface area contributed by atoms with Crippen LogP contribution in [-0.2, 0) is 6.54 Å². The van der Waals surface area contributed by atoms with Crippen molar-refractivity contribution in [2.45, 2.75) is 25.9 Å². The zero-order valence-electron chi connectivity index (χ0n) is 9.18. The Bertz CT molecular complexity index is 303. The molecule has 0 fully saturated rings. The molecule has 0 saturated carbocycles. The Morgan fingerprint density at radius 3 is 2.27 bits per heavy atom. The van der Waals surface area contributed by atoms with Crippen molar-refractivity contribution in [1.29, 1.82) is 0 Å². The predicted molar refractivity (Wildman–Crippen MR) is 60.2 cm³/mol. The van der Waals surface area contributed by atoms with Gasteiger partial charge in [-0.05, 0) is 19.4 Å². The first-order valence-corrected chi connectivity index (χ1v) is 4.37. The van der Waals surface area contributed by atoms with E-state index in [1.807, 2.05) is 32.0 Å². The molecule has 0 aliphatic carbocycles. The monoisotopic (exact) mass is 275 g/mol. The third kappa shape index (κ3) is 6.96. The predicted octanol–water partition coefficient (Wildman–Crippen LogP) is -1.23. The van der Waals surface area contributed by atoms with Crippen molar-refractivity contribution in [2.75, 3.05) is 0 Å². The molecule has 0 saturated heterocycles. The first kappa shape index (κ1) is 17.4. The molecule has 0 radical (unpaired) electrons. The van der Waals surface area contributed by atoms with E-state index in [0.717, 1.165) is 6.54 Å². The second kappa shape index (κ2) is 8.17. The van der Waals surface area contributed by atoms with E-state index in [9.17, 15) is 0 Å². The molecule has 0 aliphatic heterocycles. The van der Waals surface area contributed by atoms with Crippen LogP contribution in [-0.4, -0.2) is 28.6 Å². The zero-order valence-corrected chi connectivity index (χ0v) is 12.2. The molecule has 76 valence electrons. The molecule has 0 aromatic heterocycles. The van der Waals surface area contributed by atoms with Crippen LogP contribution < -0.4 is 22.3 Å². The Kier molecular flexibility index (Phi) is 9.47. The van der Waals surface area contributed by atoms with Gasteiger partial charge in [-0.2, -0.15) is 0 Å². The summed E-state index contributed by atoms with van der Waals surface area (Å²) in [5.41, 5.74) is 0.890. The maximum Gasteiger partial charge on any atom is 2.00 e. The maximum absolute atomic E-state index is 7.06. The van der Waals surface area contributed by atoms with Crippen molar-refractivity contribution in [3.8, 4) is 5.92 Å². The fraction of sp³-hybridized carbons (Fsp3) is 0.333. The van der Waals surface area contributed by atoms with Gasteiger partial charge >= 0.3 is 23.1 Å². The van der Waals surface area contributed by atoms with Gasteiger partial charge in [-0.25, -0.2) is 0 Å². The van der Waals surface area contributed by atoms with Crippen LogP contribution in [0.2, 0.25) is 0 Å². The summed E-state index contributed by atoms with van der Waals surface area (Å²) in [5.74, 6) is 2.45. The van der Waals surface area contributed by atoms with Gasteiger partial charge in [-0.1, -0.05) is 30.3 Å². The van der Waals surface area contributed by atoms with Crippen LogP contribution in [0.25, 0.3) is 0 Å². The van der Waals surface area contributed by atoms with E-state index in [1.54, 1.807) is 0 Å². The number of benzene rings is 1. The van der Waals surface area contributed by atoms with Gasteiger partial charge in [0.25, 0.3) is 0 Å². The molecule has 0 heterocycles. The first-order valence-electron chi connectivity index (χ1n) is 4.37. The number of halogens is 1. The van der Waals surface area contributed by atoms with Crippen molar-refractivity contribution in [2.24, 2.45) is 0 Å². The number of rotatable bonds is 3. The van der Waals surface area contributed by atoms with Crippen molar-refractivity contribution >= 4 is 23.1 Å². The van der Waals surface area contributed by atoms with Crippen LogP contribution in [0.3, 0.4) is 0 Å². The summed E-state index contributed by atoms with van der Waals surface area (Å²) in [4.78, 5) is 0. The van der Waals surface area contributed by atoms with Crippen LogP contribution in [0.15, 0.2) is 30.3 Å². The smallest absolute Gasteiger partial charge is 1.00 e. The Hall–Kier alpha value is -0.0138. The van der Waals surface area contributed by atoms with Crippen LogP contribution in [0, 0.1) is 12.3 Å². The first-order chi connectivity index (χ1) is 6.14. The van der Waals surface area contributed by atoms with Crippen molar-refractivity contribution in [3.05, 3.63) is 42.3 Å². The molecular formula is C12H14BrMgN. The van der Waals surface area contributed by atoms with E-state index >= 15 is 0 Å². The zero-order chi connectivity index (χ0) is 9.73. The van der Waals surface area contributed by atoms with E-state index in [0.29, 0.717) is 0 Å². The van der Waals surface area contributed by atoms with Gasteiger partial charge in [-0.3, -0.25) is 0 Å². The Labute approximate surface area is 119 Å². The van der Waals surface area contributed by atoms with Gasteiger partial charge in [0.2, 0.25) is 0 Å². The number of hydrogen-bond acceptors (Lipinski definition) is 1. The Balaban J connectivity index is 0. The van der Waals surface area contributed by atoms with Gasteiger partial charge in [0, 0.05) is 12.1 Å². The third-order valence-corrected chi connectivity index (χ3v) is 1.89. The SMILES string of the molecule is [Br-].[C-]#CC(C)(C)NCc1ccccc1.[Mg+2]. The van der Waals surface area contributed by atoms with Crippen LogP contribution in [0.5, 0.6) is 0 Å². The largest absolute Gasteiger partial charge is 2.00 e. The summed E-state index contributed by atoms with van der Waals surface area (Å²) in [6.45, 7) is 4.64. The molecule has 0 atom stereocenters. The second-order valence-corrected chi connectivity index (χ2v) is 3.59. The van der Waals surface area contributed by atoms with E-state index in [-0.39, 0.29) is 45.6 Å². The standard InChI is InChI=1S/C12H14N.BrH.Mg/c1-4-12(2,3)13-10-11-8-6-5-7-9-11;;/h5-9,13H,10H2,2-3H3;1H;/q-1;;+2/p-1. The quantitative estimate of drug-likeness (QED) is 0.414. The van der Waals surface area contributed by atoms with E-state index in [1.165, 1.54) is 5.56 Å². The topological polar surface area (TPSA) is 12.0 Å². The van der Waals surface area contributed by atoms with Crippen molar-refractivity contribution in [3.63, 3.8) is 0 Å². The van der Waals surface area contributed by atoms with Gasteiger partial charge < -0.3 is 34.6 Å². The van der Waals surface area contributed by atoms with Gasteiger partial charge in [0.1, 0.15) is 0 Å². The average Bonchev–Trinajstić information content (AvgIpc) is 2.17. The van der Waals surface area contributed by atoms with Crippen molar-refractivity contribution in [1.82, 2.24) is 5.32 Å². The van der Waals surface area contributed by atoms with Crippen LogP contribution >= 0.6 is 0 Å². The minimum absolute atomic E-state index is 0. The molecule has 15 heavy (non-hydrogen) atoms. The Morgan fingerprint density at radius 2 is 1.80 bits per heavy atom. The maximum atomic E-state index is 7.06. The molecule has 0 amide bonds. The molecular weight excluding hydrogens is 262 g/mol. The molecule has 0 spiro atoms. The fourth-order valence-corrected chi connectivity index (χ4v) is 0.963. The average molecular weight is 276 g/mol. The van der Waals surface area contributed by atoms with E-state index < -0.39 is 0 Å².